The summed E-state index contributed by atoms with van der Waals surface area (Å²) in [7, 11) is 0. The lowest BCUT2D eigenvalue weighted by Crippen LogP contribution is -2.28. The smallest absolute Gasteiger partial charge is 0.134 e. The van der Waals surface area contributed by atoms with E-state index in [0.717, 1.165) is 36.3 Å². The standard InChI is InChI=1S/C31H26.C19H18.C14H16O.C8H12.C7H8/c1-5-25-22(4)20-29-30(26(25)6-2)27-18-17-21(3)19-28(27)31(29,23-13-9-7-10-14-23)24-15-11-8-12-16-24;1-3-4-5-7-12-18-15-19(14-13-16(18)2)17-10-8-6-9-11-17;1-4-7-11-12-9-6-8-10(3)14(12)15-13(11)5-2;1-4-7-8(5-2)6-3;1-7-5-3-2-4-6-7/h5-20H,1-2H2,3-4H3;3-15H,1H2,2H3;4-5,7-8H,2,6,9H2,1,3H3;4-5,7H,1-2,6H2,3H3;2-6H,1H3/b;5-4-,12-7-;7-4-;8-7+;. The van der Waals surface area contributed by atoms with Crippen LogP contribution in [0.2, 0.25) is 0 Å². The predicted molar refractivity (Wildman–Crippen MR) is 354 cm³/mol. The van der Waals surface area contributed by atoms with Gasteiger partial charge in [-0.1, -0.05) is 294 Å². The third kappa shape index (κ3) is 14.4. The molecular formula is C79H80O. The zero-order valence-electron chi connectivity index (χ0n) is 48.4. The van der Waals surface area contributed by atoms with Crippen LogP contribution in [0.15, 0.2) is 268 Å². The van der Waals surface area contributed by atoms with Crippen molar-refractivity contribution in [2.24, 2.45) is 0 Å². The molecule has 0 radical (unpaired) electrons. The Morgan fingerprint density at radius 3 is 1.70 bits per heavy atom. The molecule has 402 valence electrons. The lowest BCUT2D eigenvalue weighted by Gasteiger charge is -2.34. The van der Waals surface area contributed by atoms with Crippen molar-refractivity contribution in [1.82, 2.24) is 0 Å². The maximum absolute atomic E-state index is 5.81. The van der Waals surface area contributed by atoms with Gasteiger partial charge in [-0.25, -0.2) is 0 Å². The summed E-state index contributed by atoms with van der Waals surface area (Å²) in [5.41, 5.74) is 23.6. The van der Waals surface area contributed by atoms with Crippen LogP contribution in [0.25, 0.3) is 58.2 Å². The molecule has 1 heteroatoms. The summed E-state index contributed by atoms with van der Waals surface area (Å²) in [4.78, 5) is 0. The number of aryl methyl sites for hydroxylation is 4. The van der Waals surface area contributed by atoms with E-state index in [-0.39, 0.29) is 5.41 Å². The minimum atomic E-state index is -0.374. The van der Waals surface area contributed by atoms with Gasteiger partial charge in [-0.15, -0.1) is 0 Å². The molecule has 1 nitrogen and oxygen atoms in total. The zero-order chi connectivity index (χ0) is 57.4. The third-order valence-corrected chi connectivity index (χ3v) is 14.5. The number of hydrogen-bond donors (Lipinski definition) is 0. The second-order valence-corrected chi connectivity index (χ2v) is 19.8. The van der Waals surface area contributed by atoms with Crippen molar-refractivity contribution in [3.05, 3.63) is 347 Å². The van der Waals surface area contributed by atoms with E-state index in [2.05, 4.69) is 239 Å². The van der Waals surface area contributed by atoms with Crippen LogP contribution in [0.3, 0.4) is 0 Å². The SMILES string of the molecule is C=C/C=C(\C=C)CC.C=C/C=C\C=C/c1cc(-c2ccccc2)ccc1C.C=Cc1c(C)cc2c(c1C=C)-c1ccc(C)cc1C2(c1ccccc1)c1ccccc1.C=Cc1oc2c(c1/C=C\C)CCC=C2C.Cc1ccccc1. The molecule has 0 saturated heterocycles. The fourth-order valence-corrected chi connectivity index (χ4v) is 10.5. The second kappa shape index (κ2) is 30.2. The van der Waals surface area contributed by atoms with Crippen LogP contribution >= 0.6 is 0 Å². The molecule has 0 unspecified atom stereocenters. The monoisotopic (exact) mass is 1040 g/mol. The summed E-state index contributed by atoms with van der Waals surface area (Å²) in [6.45, 7) is 37.8. The molecule has 0 atom stereocenters. The molecule has 0 aliphatic heterocycles. The Morgan fingerprint density at radius 1 is 0.550 bits per heavy atom. The van der Waals surface area contributed by atoms with Crippen molar-refractivity contribution >= 4 is 36.0 Å². The second-order valence-electron chi connectivity index (χ2n) is 19.8. The molecule has 1 aromatic heterocycles. The molecule has 10 rings (SSSR count). The normalized spacial score (nSPS) is 12.5. The van der Waals surface area contributed by atoms with Gasteiger partial charge in [0.1, 0.15) is 11.5 Å². The van der Waals surface area contributed by atoms with E-state index in [1.807, 2.05) is 79.8 Å². The van der Waals surface area contributed by atoms with Crippen molar-refractivity contribution in [2.75, 3.05) is 0 Å². The number of hydrogen-bond acceptors (Lipinski definition) is 1. The first kappa shape index (κ1) is 60.2. The van der Waals surface area contributed by atoms with E-state index in [4.69, 9.17) is 4.42 Å². The molecular weight excluding hydrogens is 965 g/mol. The average Bonchev–Trinajstić information content (AvgIpc) is 4.02. The number of fused-ring (bicyclic) bond motifs is 4. The van der Waals surface area contributed by atoms with Gasteiger partial charge in [-0.05, 0) is 156 Å². The van der Waals surface area contributed by atoms with Gasteiger partial charge in [0.2, 0.25) is 0 Å². The summed E-state index contributed by atoms with van der Waals surface area (Å²) in [5, 5.41) is 0. The first-order valence-corrected chi connectivity index (χ1v) is 27.8. The van der Waals surface area contributed by atoms with Gasteiger partial charge in [0.05, 0.1) is 5.41 Å². The van der Waals surface area contributed by atoms with Crippen LogP contribution in [0.5, 0.6) is 0 Å². The Labute approximate surface area is 480 Å². The highest BCUT2D eigenvalue weighted by Crippen LogP contribution is 2.58. The quantitative estimate of drug-likeness (QED) is 0.105. The van der Waals surface area contributed by atoms with Crippen LogP contribution < -0.4 is 0 Å². The van der Waals surface area contributed by atoms with Crippen molar-refractivity contribution in [3.8, 4) is 22.3 Å². The highest BCUT2D eigenvalue weighted by Gasteiger charge is 2.47. The molecule has 0 amide bonds. The average molecular weight is 1050 g/mol. The van der Waals surface area contributed by atoms with Crippen molar-refractivity contribution in [1.29, 1.82) is 0 Å². The molecule has 0 bridgehead atoms. The zero-order valence-corrected chi connectivity index (χ0v) is 48.4. The van der Waals surface area contributed by atoms with E-state index in [1.54, 1.807) is 18.2 Å². The Hall–Kier alpha value is -9.04. The van der Waals surface area contributed by atoms with Crippen LogP contribution in [0.1, 0.15) is 117 Å². The highest BCUT2D eigenvalue weighted by molar-refractivity contribution is 5.94. The summed E-state index contributed by atoms with van der Waals surface area (Å²) in [6, 6.07) is 58.3. The van der Waals surface area contributed by atoms with E-state index in [1.165, 1.54) is 100 Å². The molecule has 2 aliphatic rings. The lowest BCUT2D eigenvalue weighted by molar-refractivity contribution is 0.537. The molecule has 1 heterocycles. The lowest BCUT2D eigenvalue weighted by atomic mass is 9.67. The molecule has 2 aliphatic carbocycles. The minimum Gasteiger partial charge on any atom is -0.456 e. The summed E-state index contributed by atoms with van der Waals surface area (Å²) >= 11 is 0. The summed E-state index contributed by atoms with van der Waals surface area (Å²) in [6.07, 6.45) is 30.8. The van der Waals surface area contributed by atoms with E-state index < -0.39 is 0 Å². The van der Waals surface area contributed by atoms with Gasteiger partial charge in [0, 0.05) is 11.1 Å². The van der Waals surface area contributed by atoms with Gasteiger partial charge >= 0.3 is 0 Å². The fraction of sp³-hybridized carbons (Fsp3) is 0.139. The van der Waals surface area contributed by atoms with Crippen LogP contribution in [0.4, 0.5) is 0 Å². The molecule has 0 spiro atoms. The van der Waals surface area contributed by atoms with Gasteiger partial charge in [0.15, 0.2) is 0 Å². The van der Waals surface area contributed by atoms with E-state index >= 15 is 0 Å². The summed E-state index contributed by atoms with van der Waals surface area (Å²) < 4.78 is 5.81. The molecule has 0 N–H and O–H groups in total. The van der Waals surface area contributed by atoms with Gasteiger partial charge < -0.3 is 4.42 Å². The summed E-state index contributed by atoms with van der Waals surface area (Å²) in [5.74, 6) is 1.94. The van der Waals surface area contributed by atoms with Crippen LogP contribution in [-0.2, 0) is 11.8 Å². The Bertz CT molecular complexity index is 3510. The Morgan fingerprint density at radius 2 is 1.18 bits per heavy atom. The van der Waals surface area contributed by atoms with Crippen LogP contribution in [-0.4, -0.2) is 0 Å². The predicted octanol–water partition coefficient (Wildman–Crippen LogP) is 22.4. The van der Waals surface area contributed by atoms with E-state index in [9.17, 15) is 0 Å². The number of furan rings is 1. The maximum Gasteiger partial charge on any atom is 0.134 e. The Balaban J connectivity index is 0.000000180. The van der Waals surface area contributed by atoms with Gasteiger partial charge in [-0.3, -0.25) is 0 Å². The fourth-order valence-electron chi connectivity index (χ4n) is 10.5. The molecule has 0 saturated carbocycles. The first-order chi connectivity index (χ1) is 38.9. The highest BCUT2D eigenvalue weighted by atomic mass is 16.3. The molecule has 80 heavy (non-hydrogen) atoms. The van der Waals surface area contributed by atoms with Crippen molar-refractivity contribution < 1.29 is 4.42 Å². The molecule has 0 fully saturated rings. The van der Waals surface area contributed by atoms with Gasteiger partial charge in [0.25, 0.3) is 0 Å². The van der Waals surface area contributed by atoms with Crippen molar-refractivity contribution in [2.45, 2.75) is 73.1 Å². The van der Waals surface area contributed by atoms with Crippen molar-refractivity contribution in [3.63, 3.8) is 0 Å². The van der Waals surface area contributed by atoms with Gasteiger partial charge in [-0.2, -0.15) is 0 Å². The number of benzene rings is 7. The first-order valence-electron chi connectivity index (χ1n) is 27.8. The minimum absolute atomic E-state index is 0.374. The Kier molecular flexibility index (Phi) is 22.7. The topological polar surface area (TPSA) is 13.1 Å². The molecule has 8 aromatic rings. The number of rotatable bonds is 13. The van der Waals surface area contributed by atoms with Crippen LogP contribution in [0, 0.1) is 27.7 Å². The number of allylic oxidation sites excluding steroid dienone is 11. The third-order valence-electron chi connectivity index (χ3n) is 14.5. The maximum atomic E-state index is 5.81. The molecule has 7 aromatic carbocycles. The van der Waals surface area contributed by atoms with E-state index in [0.29, 0.717) is 0 Å². The largest absolute Gasteiger partial charge is 0.456 e.